The first-order valence-electron chi connectivity index (χ1n) is 5.52. The lowest BCUT2D eigenvalue weighted by Gasteiger charge is -2.19. The molecule has 0 radical (unpaired) electrons. The molecule has 0 saturated heterocycles. The number of hydrogen-bond donors (Lipinski definition) is 0. The smallest absolute Gasteiger partial charge is 0.339 e. The van der Waals surface area contributed by atoms with Gasteiger partial charge in [0, 0.05) is 0 Å². The lowest BCUT2D eigenvalue weighted by Crippen LogP contribution is -2.21. The molecule has 1 aromatic carbocycles. The molecule has 1 aromatic rings. The number of carbonyl (C=O) groups excluding carboxylic acids is 1. The van der Waals surface area contributed by atoms with Crippen LogP contribution in [-0.2, 0) is 14.3 Å². The summed E-state index contributed by atoms with van der Waals surface area (Å²) in [6.45, 7) is 5.95. The monoisotopic (exact) mass is 222 g/mol. The largest absolute Gasteiger partial charge is 0.464 e. The number of carbonyl (C=O) groups is 1. The molecule has 0 aliphatic carbocycles. The summed E-state index contributed by atoms with van der Waals surface area (Å²) in [6.07, 6.45) is -0.643. The van der Waals surface area contributed by atoms with Crippen LogP contribution in [0.25, 0.3) is 0 Å². The second kappa shape index (κ2) is 6.28. The summed E-state index contributed by atoms with van der Waals surface area (Å²) in [5.74, 6) is -0.331. The molecule has 0 aliphatic rings. The Kier molecular flexibility index (Phi) is 4.99. The normalized spacial score (nSPS) is 12.5. The second-order valence-electron chi connectivity index (χ2n) is 3.73. The summed E-state index contributed by atoms with van der Waals surface area (Å²) >= 11 is 0. The predicted octanol–water partition coefficient (Wildman–Crippen LogP) is 2.72. The number of rotatable bonds is 5. The number of benzene rings is 1. The Morgan fingerprint density at radius 3 is 2.38 bits per heavy atom. The summed E-state index contributed by atoms with van der Waals surface area (Å²) in [5.41, 5.74) is 0.828. The van der Waals surface area contributed by atoms with E-state index < -0.39 is 6.10 Å². The fourth-order valence-electron chi connectivity index (χ4n) is 1.39. The highest BCUT2D eigenvalue weighted by molar-refractivity contribution is 5.76. The van der Waals surface area contributed by atoms with Gasteiger partial charge in [-0.1, -0.05) is 30.3 Å². The SMILES string of the molecule is CCOC(=O)C(OC(C)C)c1ccccc1. The third kappa shape index (κ3) is 3.66. The third-order valence-corrected chi connectivity index (χ3v) is 2.01. The summed E-state index contributed by atoms with van der Waals surface area (Å²) < 4.78 is 10.6. The van der Waals surface area contributed by atoms with Crippen LogP contribution in [0.4, 0.5) is 0 Å². The van der Waals surface area contributed by atoms with Gasteiger partial charge in [0.15, 0.2) is 6.10 Å². The van der Waals surface area contributed by atoms with E-state index in [0.717, 1.165) is 5.56 Å². The molecule has 0 aromatic heterocycles. The molecule has 1 atom stereocenters. The van der Waals surface area contributed by atoms with Gasteiger partial charge in [0.25, 0.3) is 0 Å². The van der Waals surface area contributed by atoms with Crippen molar-refractivity contribution < 1.29 is 14.3 Å². The third-order valence-electron chi connectivity index (χ3n) is 2.01. The maximum atomic E-state index is 11.7. The summed E-state index contributed by atoms with van der Waals surface area (Å²) in [4.78, 5) is 11.7. The van der Waals surface area contributed by atoms with E-state index >= 15 is 0 Å². The van der Waals surface area contributed by atoms with Gasteiger partial charge in [-0.2, -0.15) is 0 Å². The minimum Gasteiger partial charge on any atom is -0.464 e. The van der Waals surface area contributed by atoms with Gasteiger partial charge in [0.05, 0.1) is 12.7 Å². The van der Waals surface area contributed by atoms with E-state index in [1.54, 1.807) is 6.92 Å². The highest BCUT2D eigenvalue weighted by atomic mass is 16.6. The lowest BCUT2D eigenvalue weighted by molar-refractivity contribution is -0.160. The zero-order chi connectivity index (χ0) is 12.0. The van der Waals surface area contributed by atoms with Gasteiger partial charge in [-0.15, -0.1) is 0 Å². The molecule has 0 saturated carbocycles. The van der Waals surface area contributed by atoms with Crippen LogP contribution < -0.4 is 0 Å². The molecule has 88 valence electrons. The van der Waals surface area contributed by atoms with Crippen molar-refractivity contribution in [3.8, 4) is 0 Å². The zero-order valence-electron chi connectivity index (χ0n) is 9.97. The van der Waals surface area contributed by atoms with Crippen LogP contribution in [0.5, 0.6) is 0 Å². The van der Waals surface area contributed by atoms with Gasteiger partial charge in [0.2, 0.25) is 0 Å². The highest BCUT2D eigenvalue weighted by Crippen LogP contribution is 2.20. The Labute approximate surface area is 96.4 Å². The van der Waals surface area contributed by atoms with Gasteiger partial charge in [-0.3, -0.25) is 0 Å². The van der Waals surface area contributed by atoms with Gasteiger partial charge in [-0.25, -0.2) is 4.79 Å². The number of ether oxygens (including phenoxy) is 2. The van der Waals surface area contributed by atoms with Gasteiger partial charge >= 0.3 is 5.97 Å². The molecule has 0 heterocycles. The average Bonchev–Trinajstić information content (AvgIpc) is 2.27. The first-order valence-corrected chi connectivity index (χ1v) is 5.52. The first-order chi connectivity index (χ1) is 7.65. The fourth-order valence-corrected chi connectivity index (χ4v) is 1.39. The van der Waals surface area contributed by atoms with E-state index in [-0.39, 0.29) is 12.1 Å². The van der Waals surface area contributed by atoms with Gasteiger partial charge in [-0.05, 0) is 26.3 Å². The molecule has 3 heteroatoms. The number of esters is 1. The van der Waals surface area contributed by atoms with E-state index in [2.05, 4.69) is 0 Å². The number of hydrogen-bond acceptors (Lipinski definition) is 3. The van der Waals surface area contributed by atoms with E-state index in [0.29, 0.717) is 6.61 Å². The van der Waals surface area contributed by atoms with Crippen LogP contribution in [0.2, 0.25) is 0 Å². The van der Waals surface area contributed by atoms with Crippen LogP contribution in [0, 0.1) is 0 Å². The molecule has 0 spiro atoms. The summed E-state index contributed by atoms with van der Waals surface area (Å²) in [7, 11) is 0. The first kappa shape index (κ1) is 12.7. The minimum atomic E-state index is -0.624. The van der Waals surface area contributed by atoms with E-state index in [4.69, 9.17) is 9.47 Å². The van der Waals surface area contributed by atoms with Crippen molar-refractivity contribution in [1.29, 1.82) is 0 Å². The molecular formula is C13H18O3. The van der Waals surface area contributed by atoms with Crippen LogP contribution in [-0.4, -0.2) is 18.7 Å². The van der Waals surface area contributed by atoms with Crippen molar-refractivity contribution >= 4 is 5.97 Å². The van der Waals surface area contributed by atoms with Crippen molar-refractivity contribution in [2.24, 2.45) is 0 Å². The molecule has 16 heavy (non-hydrogen) atoms. The zero-order valence-corrected chi connectivity index (χ0v) is 9.97. The van der Waals surface area contributed by atoms with Crippen molar-refractivity contribution in [3.63, 3.8) is 0 Å². The van der Waals surface area contributed by atoms with Crippen LogP contribution in [0.15, 0.2) is 30.3 Å². The van der Waals surface area contributed by atoms with E-state index in [1.807, 2.05) is 44.2 Å². The van der Waals surface area contributed by atoms with Crippen molar-refractivity contribution in [2.45, 2.75) is 33.0 Å². The average molecular weight is 222 g/mol. The molecule has 0 bridgehead atoms. The van der Waals surface area contributed by atoms with E-state index in [1.165, 1.54) is 0 Å². The minimum absolute atomic E-state index is 0.0189. The Bertz CT molecular complexity index is 319. The molecule has 0 fully saturated rings. The molecule has 1 rings (SSSR count). The standard InChI is InChI=1S/C13H18O3/c1-4-15-13(14)12(16-10(2)3)11-8-6-5-7-9-11/h5-10,12H,4H2,1-3H3. The summed E-state index contributed by atoms with van der Waals surface area (Å²) in [5, 5.41) is 0. The molecule has 0 N–H and O–H groups in total. The molecule has 0 amide bonds. The molecule has 3 nitrogen and oxygen atoms in total. The summed E-state index contributed by atoms with van der Waals surface area (Å²) in [6, 6.07) is 9.39. The van der Waals surface area contributed by atoms with Crippen molar-refractivity contribution in [2.75, 3.05) is 6.61 Å². The van der Waals surface area contributed by atoms with Crippen molar-refractivity contribution in [3.05, 3.63) is 35.9 Å². The lowest BCUT2D eigenvalue weighted by atomic mass is 10.1. The predicted molar refractivity (Wildman–Crippen MR) is 62.0 cm³/mol. The maximum Gasteiger partial charge on any atom is 0.339 e. The van der Waals surface area contributed by atoms with Crippen molar-refractivity contribution in [1.82, 2.24) is 0 Å². The Morgan fingerprint density at radius 2 is 1.88 bits per heavy atom. The highest BCUT2D eigenvalue weighted by Gasteiger charge is 2.23. The van der Waals surface area contributed by atoms with Crippen LogP contribution >= 0.6 is 0 Å². The molecule has 0 aliphatic heterocycles. The topological polar surface area (TPSA) is 35.5 Å². The molecular weight excluding hydrogens is 204 g/mol. The molecule has 1 unspecified atom stereocenters. The van der Waals surface area contributed by atoms with Gasteiger partial charge < -0.3 is 9.47 Å². The Balaban J connectivity index is 2.83. The second-order valence-corrected chi connectivity index (χ2v) is 3.73. The van der Waals surface area contributed by atoms with Gasteiger partial charge in [0.1, 0.15) is 0 Å². The quantitative estimate of drug-likeness (QED) is 0.718. The van der Waals surface area contributed by atoms with Crippen LogP contribution in [0.3, 0.4) is 0 Å². The maximum absolute atomic E-state index is 11.7. The van der Waals surface area contributed by atoms with Crippen LogP contribution in [0.1, 0.15) is 32.4 Å². The fraction of sp³-hybridized carbons (Fsp3) is 0.462. The van der Waals surface area contributed by atoms with E-state index in [9.17, 15) is 4.79 Å². The Hall–Kier alpha value is -1.35. The Morgan fingerprint density at radius 1 is 1.25 bits per heavy atom.